The average Bonchev–Trinajstić information content (AvgIpc) is 3.59. The number of tetrazole rings is 1. The summed E-state index contributed by atoms with van der Waals surface area (Å²) in [6, 6.07) is 25.2. The summed E-state index contributed by atoms with van der Waals surface area (Å²) in [5.41, 5.74) is 4.27. The van der Waals surface area contributed by atoms with Crippen LogP contribution in [0.1, 0.15) is 18.3 Å². The lowest BCUT2D eigenvalue weighted by atomic mass is 10.0. The second-order valence-corrected chi connectivity index (χ2v) is 8.54. The second-order valence-electron chi connectivity index (χ2n) is 8.54. The number of nitrogens with one attached hydrogen (secondary N) is 1. The summed E-state index contributed by atoms with van der Waals surface area (Å²) in [6.07, 6.45) is 2.17. The topological polar surface area (TPSA) is 116 Å². The third-order valence-corrected chi connectivity index (χ3v) is 6.31. The fraction of sp³-hybridized carbons (Fsp3) is 0.111. The Morgan fingerprint density at radius 3 is 2.38 bits per heavy atom. The fourth-order valence-corrected chi connectivity index (χ4v) is 4.59. The predicted octanol–water partition coefficient (Wildman–Crippen LogP) is 3.13. The molecule has 0 saturated heterocycles. The number of rotatable bonds is 6. The zero-order chi connectivity index (χ0) is 25.4. The highest BCUT2D eigenvalue weighted by Crippen LogP contribution is 2.27. The highest BCUT2D eigenvalue weighted by Gasteiger charge is 2.19. The van der Waals surface area contributed by atoms with Gasteiger partial charge in [0, 0.05) is 18.5 Å². The van der Waals surface area contributed by atoms with E-state index in [-0.39, 0.29) is 0 Å². The Hall–Kier alpha value is -5.12. The van der Waals surface area contributed by atoms with Gasteiger partial charge in [-0.15, -0.1) is 5.10 Å². The van der Waals surface area contributed by atoms with Crippen LogP contribution in [0.5, 0.6) is 0 Å². The molecule has 182 valence electrons. The summed E-state index contributed by atoms with van der Waals surface area (Å²) in [4.78, 5) is 32.9. The van der Waals surface area contributed by atoms with Crippen molar-refractivity contribution in [3.05, 3.63) is 117 Å². The summed E-state index contributed by atoms with van der Waals surface area (Å²) < 4.78 is 4.97. The molecule has 0 aliphatic carbocycles. The zero-order valence-corrected chi connectivity index (χ0v) is 19.9. The molecule has 6 rings (SSSR count). The molecule has 0 spiro atoms. The lowest BCUT2D eigenvalue weighted by molar-refractivity contribution is 0.750. The number of aromatic nitrogens is 8. The molecule has 0 saturated carbocycles. The molecule has 10 nitrogen and oxygen atoms in total. The van der Waals surface area contributed by atoms with Crippen molar-refractivity contribution in [2.24, 2.45) is 0 Å². The minimum Gasteiger partial charge on any atom is -0.318 e. The molecule has 0 aliphatic heterocycles. The summed E-state index contributed by atoms with van der Waals surface area (Å²) in [6.45, 7) is 2.42. The largest absolute Gasteiger partial charge is 0.334 e. The van der Waals surface area contributed by atoms with Crippen LogP contribution in [0.15, 0.2) is 94.8 Å². The van der Waals surface area contributed by atoms with E-state index in [1.807, 2.05) is 90.4 Å². The number of nitrogens with zero attached hydrogens (tertiary/aromatic N) is 7. The Kier molecular flexibility index (Phi) is 5.53. The first kappa shape index (κ1) is 22.4. The van der Waals surface area contributed by atoms with E-state index < -0.39 is 11.2 Å². The number of fused-ring (bicyclic) bond motifs is 1. The van der Waals surface area contributed by atoms with E-state index in [9.17, 15) is 9.59 Å². The number of para-hydroxylation sites is 2. The summed E-state index contributed by atoms with van der Waals surface area (Å²) in [7, 11) is 0. The van der Waals surface area contributed by atoms with Gasteiger partial charge in [-0.2, -0.15) is 4.68 Å². The van der Waals surface area contributed by atoms with E-state index in [0.29, 0.717) is 29.8 Å². The highest BCUT2D eigenvalue weighted by molar-refractivity contribution is 5.74. The molecule has 0 unspecified atom stereocenters. The molecule has 3 aromatic carbocycles. The van der Waals surface area contributed by atoms with Crippen molar-refractivity contribution in [1.29, 1.82) is 0 Å². The molecular formula is C27H22N8O2. The smallest absolute Gasteiger partial charge is 0.318 e. The SMILES string of the molecule is CCc1nc2c(c(=O)[nH]c(=O)n2-c2ccccc2)n1Cc1ccc(-c2ccccc2-n2cnnn2)cc1. The summed E-state index contributed by atoms with van der Waals surface area (Å²) >= 11 is 0. The fourth-order valence-electron chi connectivity index (χ4n) is 4.59. The summed E-state index contributed by atoms with van der Waals surface area (Å²) in [5, 5.41) is 11.5. The number of imidazole rings is 1. The standard InChI is InChI=1S/C27H22N8O2/c1-2-23-29-25-24(26(36)30-27(37)35(25)20-8-4-3-5-9-20)33(23)16-18-12-14-19(15-13-18)21-10-6-7-11-22(21)34-17-28-31-32-34/h3-15,17H,2,16H2,1H3,(H,30,36,37). The van der Waals surface area contributed by atoms with E-state index in [0.717, 1.165) is 28.2 Å². The van der Waals surface area contributed by atoms with E-state index in [1.165, 1.54) is 4.57 Å². The van der Waals surface area contributed by atoms with Gasteiger partial charge in [-0.1, -0.05) is 67.6 Å². The first-order valence-corrected chi connectivity index (χ1v) is 11.9. The van der Waals surface area contributed by atoms with Crippen LogP contribution in [0.4, 0.5) is 0 Å². The van der Waals surface area contributed by atoms with Crippen molar-refractivity contribution in [3.8, 4) is 22.5 Å². The van der Waals surface area contributed by atoms with Crippen LogP contribution in [0, 0.1) is 0 Å². The van der Waals surface area contributed by atoms with Gasteiger partial charge in [0.1, 0.15) is 12.2 Å². The van der Waals surface area contributed by atoms with Gasteiger partial charge in [-0.25, -0.2) is 14.3 Å². The molecule has 0 atom stereocenters. The summed E-state index contributed by atoms with van der Waals surface area (Å²) in [5.74, 6) is 0.726. The number of aromatic amines is 1. The van der Waals surface area contributed by atoms with Gasteiger partial charge in [0.25, 0.3) is 5.56 Å². The Morgan fingerprint density at radius 2 is 1.65 bits per heavy atom. The van der Waals surface area contributed by atoms with Gasteiger partial charge in [0.05, 0.1) is 11.4 Å². The number of H-pyrrole nitrogens is 1. The normalized spacial score (nSPS) is 11.3. The quantitative estimate of drug-likeness (QED) is 0.383. The second kappa shape index (κ2) is 9.15. The number of hydrogen-bond acceptors (Lipinski definition) is 6. The first-order chi connectivity index (χ1) is 18.1. The number of aryl methyl sites for hydroxylation is 1. The lowest BCUT2D eigenvalue weighted by Gasteiger charge is -2.11. The van der Waals surface area contributed by atoms with Crippen molar-refractivity contribution in [3.63, 3.8) is 0 Å². The van der Waals surface area contributed by atoms with E-state index in [4.69, 9.17) is 4.98 Å². The molecule has 0 bridgehead atoms. The maximum Gasteiger partial charge on any atom is 0.334 e. The van der Waals surface area contributed by atoms with Crippen LogP contribution < -0.4 is 11.2 Å². The van der Waals surface area contributed by atoms with Gasteiger partial charge in [0.2, 0.25) is 0 Å². The van der Waals surface area contributed by atoms with Crippen LogP contribution in [0.2, 0.25) is 0 Å². The molecule has 6 aromatic rings. The van der Waals surface area contributed by atoms with Gasteiger partial charge < -0.3 is 4.57 Å². The van der Waals surface area contributed by atoms with Crippen LogP contribution in [0.25, 0.3) is 33.7 Å². The minimum atomic E-state index is -0.512. The van der Waals surface area contributed by atoms with Crippen molar-refractivity contribution < 1.29 is 0 Å². The van der Waals surface area contributed by atoms with Gasteiger partial charge in [0.15, 0.2) is 11.2 Å². The molecule has 3 heterocycles. The Balaban J connectivity index is 1.42. The molecule has 0 amide bonds. The molecule has 0 radical (unpaired) electrons. The third-order valence-electron chi connectivity index (χ3n) is 6.31. The Labute approximate surface area is 210 Å². The van der Waals surface area contributed by atoms with E-state index in [2.05, 4.69) is 20.5 Å². The van der Waals surface area contributed by atoms with Crippen molar-refractivity contribution >= 4 is 11.2 Å². The minimum absolute atomic E-state index is 0.351. The van der Waals surface area contributed by atoms with Crippen molar-refractivity contribution in [2.75, 3.05) is 0 Å². The third kappa shape index (κ3) is 3.94. The maximum atomic E-state index is 13.0. The predicted molar refractivity (Wildman–Crippen MR) is 139 cm³/mol. The molecule has 1 N–H and O–H groups in total. The first-order valence-electron chi connectivity index (χ1n) is 11.9. The molecule has 3 aromatic heterocycles. The van der Waals surface area contributed by atoms with Crippen LogP contribution in [0.3, 0.4) is 0 Å². The lowest BCUT2D eigenvalue weighted by Crippen LogP contribution is -2.30. The van der Waals surface area contributed by atoms with Crippen LogP contribution in [-0.2, 0) is 13.0 Å². The molecular weight excluding hydrogens is 468 g/mol. The maximum absolute atomic E-state index is 13.0. The molecule has 10 heteroatoms. The number of hydrogen-bond donors (Lipinski definition) is 1. The van der Waals surface area contributed by atoms with Gasteiger partial charge in [-0.3, -0.25) is 9.78 Å². The Morgan fingerprint density at radius 1 is 0.892 bits per heavy atom. The average molecular weight is 491 g/mol. The molecule has 37 heavy (non-hydrogen) atoms. The van der Waals surface area contributed by atoms with Crippen LogP contribution >= 0.6 is 0 Å². The van der Waals surface area contributed by atoms with E-state index in [1.54, 1.807) is 11.0 Å². The highest BCUT2D eigenvalue weighted by atomic mass is 16.2. The van der Waals surface area contributed by atoms with Crippen molar-refractivity contribution in [1.82, 2.24) is 39.3 Å². The van der Waals surface area contributed by atoms with Gasteiger partial charge in [-0.05, 0) is 39.8 Å². The molecule has 0 aliphatic rings. The number of benzene rings is 3. The van der Waals surface area contributed by atoms with Gasteiger partial charge >= 0.3 is 5.69 Å². The van der Waals surface area contributed by atoms with Crippen molar-refractivity contribution in [2.45, 2.75) is 19.9 Å². The van der Waals surface area contributed by atoms with Crippen LogP contribution in [-0.4, -0.2) is 39.3 Å². The molecule has 0 fully saturated rings. The Bertz CT molecular complexity index is 1820. The zero-order valence-electron chi connectivity index (χ0n) is 19.9. The monoisotopic (exact) mass is 490 g/mol. The van der Waals surface area contributed by atoms with E-state index >= 15 is 0 Å².